The fourth-order valence-electron chi connectivity index (χ4n) is 1.67. The molecule has 1 rings (SSSR count). The molecule has 1 aromatic rings. The number of hydrogen-bond donors (Lipinski definition) is 1. The van der Waals surface area contributed by atoms with Crippen molar-refractivity contribution in [1.29, 1.82) is 0 Å². The number of alkyl halides is 1. The third kappa shape index (κ3) is 4.79. The summed E-state index contributed by atoms with van der Waals surface area (Å²) < 4.78 is 0. The Balaban J connectivity index is 2.55. The zero-order valence-electron chi connectivity index (χ0n) is 10.2. The molecule has 0 saturated heterocycles. The lowest BCUT2D eigenvalue weighted by Gasteiger charge is -2.15. The number of nitrogens with one attached hydrogen (secondary N) is 1. The standard InChI is InChI=1S/C12H20ClN3/c1-4-5-11-7-12(15-8-14-11)16-10(3)6-9(2)13/h7-10H,4-6H2,1-3H3,(H,14,15,16). The van der Waals surface area contributed by atoms with Gasteiger partial charge in [-0.2, -0.15) is 0 Å². The number of aromatic nitrogens is 2. The summed E-state index contributed by atoms with van der Waals surface area (Å²) in [6, 6.07) is 2.34. The summed E-state index contributed by atoms with van der Waals surface area (Å²) in [5.74, 6) is 0.892. The van der Waals surface area contributed by atoms with Crippen LogP contribution in [0.5, 0.6) is 0 Å². The zero-order valence-corrected chi connectivity index (χ0v) is 11.0. The van der Waals surface area contributed by atoms with Crippen LogP contribution in [0.3, 0.4) is 0 Å². The van der Waals surface area contributed by atoms with Crippen molar-refractivity contribution in [3.63, 3.8) is 0 Å². The van der Waals surface area contributed by atoms with Gasteiger partial charge in [0.05, 0.1) is 0 Å². The Kier molecular flexibility index (Phi) is 5.53. The SMILES string of the molecule is CCCc1cc(NC(C)CC(C)Cl)ncn1. The van der Waals surface area contributed by atoms with Crippen molar-refractivity contribution in [2.24, 2.45) is 0 Å². The molecular formula is C12H20ClN3. The lowest BCUT2D eigenvalue weighted by atomic mass is 10.2. The van der Waals surface area contributed by atoms with E-state index in [-0.39, 0.29) is 5.38 Å². The molecule has 90 valence electrons. The van der Waals surface area contributed by atoms with Gasteiger partial charge in [0.15, 0.2) is 0 Å². The molecule has 16 heavy (non-hydrogen) atoms. The molecule has 0 aliphatic carbocycles. The second-order valence-corrected chi connectivity index (χ2v) is 4.95. The van der Waals surface area contributed by atoms with Crippen molar-refractivity contribution in [1.82, 2.24) is 9.97 Å². The highest BCUT2D eigenvalue weighted by molar-refractivity contribution is 6.20. The number of aryl methyl sites for hydroxylation is 1. The van der Waals surface area contributed by atoms with Gasteiger partial charge in [-0.1, -0.05) is 13.3 Å². The molecule has 0 saturated carbocycles. The number of nitrogens with zero attached hydrogens (tertiary/aromatic N) is 2. The average Bonchev–Trinajstić information content (AvgIpc) is 2.17. The molecule has 2 unspecified atom stereocenters. The van der Waals surface area contributed by atoms with E-state index in [0.29, 0.717) is 6.04 Å². The molecule has 0 amide bonds. The van der Waals surface area contributed by atoms with Crippen molar-refractivity contribution in [2.45, 2.75) is 51.5 Å². The molecular weight excluding hydrogens is 222 g/mol. The first kappa shape index (κ1) is 13.2. The quantitative estimate of drug-likeness (QED) is 0.777. The molecule has 3 nitrogen and oxygen atoms in total. The summed E-state index contributed by atoms with van der Waals surface area (Å²) in [6.07, 6.45) is 4.64. The minimum atomic E-state index is 0.180. The van der Waals surface area contributed by atoms with E-state index in [1.807, 2.05) is 13.0 Å². The number of hydrogen-bond acceptors (Lipinski definition) is 3. The zero-order chi connectivity index (χ0) is 12.0. The van der Waals surface area contributed by atoms with Crippen LogP contribution in [0.4, 0.5) is 5.82 Å². The Morgan fingerprint density at radius 3 is 2.75 bits per heavy atom. The highest BCUT2D eigenvalue weighted by Gasteiger charge is 2.07. The Bertz CT molecular complexity index is 315. The van der Waals surface area contributed by atoms with E-state index < -0.39 is 0 Å². The molecule has 0 aromatic carbocycles. The Labute approximate surface area is 103 Å². The van der Waals surface area contributed by atoms with Gasteiger partial charge in [0.2, 0.25) is 0 Å². The van der Waals surface area contributed by atoms with Gasteiger partial charge < -0.3 is 5.32 Å². The van der Waals surface area contributed by atoms with E-state index in [0.717, 1.165) is 30.8 Å². The fraction of sp³-hybridized carbons (Fsp3) is 0.667. The van der Waals surface area contributed by atoms with Crippen molar-refractivity contribution >= 4 is 17.4 Å². The van der Waals surface area contributed by atoms with Gasteiger partial charge in [-0.05, 0) is 26.7 Å². The Morgan fingerprint density at radius 2 is 2.12 bits per heavy atom. The van der Waals surface area contributed by atoms with E-state index in [1.165, 1.54) is 0 Å². The second kappa shape index (κ2) is 6.69. The highest BCUT2D eigenvalue weighted by Crippen LogP contribution is 2.11. The first-order valence-corrected chi connectivity index (χ1v) is 6.27. The molecule has 0 radical (unpaired) electrons. The van der Waals surface area contributed by atoms with Crippen molar-refractivity contribution in [3.05, 3.63) is 18.1 Å². The fourth-order valence-corrected chi connectivity index (χ4v) is 1.94. The molecule has 1 aromatic heterocycles. The summed E-state index contributed by atoms with van der Waals surface area (Å²) >= 11 is 5.95. The van der Waals surface area contributed by atoms with Crippen LogP contribution in [0.25, 0.3) is 0 Å². The van der Waals surface area contributed by atoms with Gasteiger partial charge in [-0.15, -0.1) is 11.6 Å². The lowest BCUT2D eigenvalue weighted by molar-refractivity contribution is 0.692. The Hall–Kier alpha value is -0.830. The van der Waals surface area contributed by atoms with Gasteiger partial charge in [0, 0.05) is 23.2 Å². The molecule has 1 heterocycles. The first-order valence-electron chi connectivity index (χ1n) is 5.83. The van der Waals surface area contributed by atoms with Gasteiger partial charge >= 0.3 is 0 Å². The summed E-state index contributed by atoms with van der Waals surface area (Å²) in [6.45, 7) is 6.26. The molecule has 0 spiro atoms. The Morgan fingerprint density at radius 1 is 1.38 bits per heavy atom. The van der Waals surface area contributed by atoms with Crippen LogP contribution in [0, 0.1) is 0 Å². The van der Waals surface area contributed by atoms with Crippen LogP contribution in [0.1, 0.15) is 39.3 Å². The number of rotatable bonds is 6. The third-order valence-corrected chi connectivity index (χ3v) is 2.48. The normalized spacial score (nSPS) is 14.5. The van der Waals surface area contributed by atoms with Crippen LogP contribution in [0.15, 0.2) is 12.4 Å². The minimum absolute atomic E-state index is 0.180. The van der Waals surface area contributed by atoms with Crippen LogP contribution < -0.4 is 5.32 Å². The molecule has 0 fully saturated rings. The molecule has 1 N–H and O–H groups in total. The summed E-state index contributed by atoms with van der Waals surface area (Å²) in [5, 5.41) is 3.52. The van der Waals surface area contributed by atoms with E-state index in [9.17, 15) is 0 Å². The largest absolute Gasteiger partial charge is 0.367 e. The first-order chi connectivity index (χ1) is 7.61. The van der Waals surface area contributed by atoms with E-state index >= 15 is 0 Å². The van der Waals surface area contributed by atoms with Gasteiger partial charge in [0.25, 0.3) is 0 Å². The maximum atomic E-state index is 5.95. The van der Waals surface area contributed by atoms with Crippen LogP contribution in [0.2, 0.25) is 0 Å². The second-order valence-electron chi connectivity index (χ2n) is 4.21. The summed E-state index contributed by atoms with van der Waals surface area (Å²) in [4.78, 5) is 8.42. The molecule has 0 aliphatic rings. The predicted octanol–water partition coefficient (Wildman–Crippen LogP) is 3.25. The van der Waals surface area contributed by atoms with E-state index in [4.69, 9.17) is 11.6 Å². The third-order valence-electron chi connectivity index (χ3n) is 2.30. The highest BCUT2D eigenvalue weighted by atomic mass is 35.5. The molecule has 0 aliphatic heterocycles. The molecule has 4 heteroatoms. The summed E-state index contributed by atoms with van der Waals surface area (Å²) in [7, 11) is 0. The maximum absolute atomic E-state index is 5.95. The van der Waals surface area contributed by atoms with E-state index in [2.05, 4.69) is 29.1 Å². The van der Waals surface area contributed by atoms with E-state index in [1.54, 1.807) is 6.33 Å². The van der Waals surface area contributed by atoms with Crippen molar-refractivity contribution < 1.29 is 0 Å². The predicted molar refractivity (Wildman–Crippen MR) is 69.0 cm³/mol. The van der Waals surface area contributed by atoms with Crippen LogP contribution in [-0.4, -0.2) is 21.4 Å². The minimum Gasteiger partial charge on any atom is -0.367 e. The smallest absolute Gasteiger partial charge is 0.129 e. The van der Waals surface area contributed by atoms with Crippen LogP contribution >= 0.6 is 11.6 Å². The van der Waals surface area contributed by atoms with Crippen molar-refractivity contribution in [2.75, 3.05) is 5.32 Å². The van der Waals surface area contributed by atoms with Gasteiger partial charge in [0.1, 0.15) is 12.1 Å². The topological polar surface area (TPSA) is 37.8 Å². The van der Waals surface area contributed by atoms with Crippen molar-refractivity contribution in [3.8, 4) is 0 Å². The number of halogens is 1. The number of anilines is 1. The van der Waals surface area contributed by atoms with Crippen LogP contribution in [-0.2, 0) is 6.42 Å². The molecule has 0 bridgehead atoms. The monoisotopic (exact) mass is 241 g/mol. The summed E-state index contributed by atoms with van der Waals surface area (Å²) in [5.41, 5.74) is 1.09. The lowest BCUT2D eigenvalue weighted by Crippen LogP contribution is -2.19. The average molecular weight is 242 g/mol. The van der Waals surface area contributed by atoms with Gasteiger partial charge in [-0.3, -0.25) is 0 Å². The molecule has 2 atom stereocenters. The maximum Gasteiger partial charge on any atom is 0.129 e. The van der Waals surface area contributed by atoms with Gasteiger partial charge in [-0.25, -0.2) is 9.97 Å².